The van der Waals surface area contributed by atoms with Crippen LogP contribution in [0, 0.1) is 11.3 Å². The third kappa shape index (κ3) is 3.46. The van der Waals surface area contributed by atoms with Crippen molar-refractivity contribution < 1.29 is 9.90 Å². The first-order valence-electron chi connectivity index (χ1n) is 6.32. The predicted octanol–water partition coefficient (Wildman–Crippen LogP) is 2.67. The van der Waals surface area contributed by atoms with E-state index in [4.69, 9.17) is 28.5 Å². The monoisotopic (exact) mass is 344 g/mol. The maximum atomic E-state index is 12.1. The van der Waals surface area contributed by atoms with Gasteiger partial charge in [0.2, 0.25) is 5.91 Å². The van der Waals surface area contributed by atoms with Gasteiger partial charge in [-0.2, -0.15) is 5.26 Å². The molecule has 4 nitrogen and oxygen atoms in total. The molecule has 1 amide bonds. The van der Waals surface area contributed by atoms with E-state index in [1.54, 1.807) is 19.2 Å². The molecular formula is C14H14Cl2N2O2S. The first-order chi connectivity index (χ1) is 9.95. The first-order valence-corrected chi connectivity index (χ1v) is 8.23. The summed E-state index contributed by atoms with van der Waals surface area (Å²) in [6.45, 7) is 0. The van der Waals surface area contributed by atoms with Gasteiger partial charge in [-0.1, -0.05) is 23.2 Å². The standard InChI is InChI=1S/C14H14Cl2N2O2S/c1-18(13(20)7-21-3-2-17)14-10-4-8(15)5-11(16)9(10)6-12(14)19/h4-5,12,14,19H,3,6-7H2,1H3. The predicted molar refractivity (Wildman–Crippen MR) is 84.6 cm³/mol. The maximum absolute atomic E-state index is 12.1. The summed E-state index contributed by atoms with van der Waals surface area (Å²) in [5, 5.41) is 19.8. The molecule has 2 unspecified atom stereocenters. The Bertz CT molecular complexity index is 603. The number of fused-ring (bicyclic) bond motifs is 1. The zero-order valence-electron chi connectivity index (χ0n) is 11.3. The van der Waals surface area contributed by atoms with Crippen LogP contribution >= 0.6 is 35.0 Å². The molecule has 7 heteroatoms. The van der Waals surface area contributed by atoms with Gasteiger partial charge in [-0.05, 0) is 23.3 Å². The number of aliphatic hydroxyl groups excluding tert-OH is 1. The third-order valence-electron chi connectivity index (χ3n) is 3.49. The SMILES string of the molecule is CN(C(=O)CSCC#N)C1c2cc(Cl)cc(Cl)c2CC1O. The second-order valence-corrected chi connectivity index (χ2v) is 6.66. The van der Waals surface area contributed by atoms with Crippen molar-refractivity contribution >= 4 is 40.9 Å². The van der Waals surface area contributed by atoms with Gasteiger partial charge >= 0.3 is 0 Å². The molecule has 2 atom stereocenters. The lowest BCUT2D eigenvalue weighted by molar-refractivity contribution is -0.131. The van der Waals surface area contributed by atoms with Crippen LogP contribution in [0.25, 0.3) is 0 Å². The molecule has 0 aromatic heterocycles. The van der Waals surface area contributed by atoms with E-state index < -0.39 is 12.1 Å². The zero-order valence-corrected chi connectivity index (χ0v) is 13.7. The average molecular weight is 345 g/mol. The zero-order chi connectivity index (χ0) is 15.6. The average Bonchev–Trinajstić information content (AvgIpc) is 2.74. The van der Waals surface area contributed by atoms with Crippen LogP contribution in [0.3, 0.4) is 0 Å². The molecule has 2 rings (SSSR count). The summed E-state index contributed by atoms with van der Waals surface area (Å²) >= 11 is 13.4. The van der Waals surface area contributed by atoms with Crippen molar-refractivity contribution in [3.05, 3.63) is 33.3 Å². The minimum Gasteiger partial charge on any atom is -0.390 e. The van der Waals surface area contributed by atoms with Crippen LogP contribution in [-0.4, -0.2) is 40.6 Å². The Labute approximate surface area is 137 Å². The molecule has 0 saturated carbocycles. The van der Waals surface area contributed by atoms with Crippen molar-refractivity contribution in [2.75, 3.05) is 18.6 Å². The molecule has 1 aromatic carbocycles. The second-order valence-electron chi connectivity index (χ2n) is 4.83. The van der Waals surface area contributed by atoms with E-state index in [0.717, 1.165) is 11.1 Å². The quantitative estimate of drug-likeness (QED) is 0.852. The number of rotatable bonds is 4. The summed E-state index contributed by atoms with van der Waals surface area (Å²) in [5.41, 5.74) is 1.63. The van der Waals surface area contributed by atoms with Crippen LogP contribution in [0.1, 0.15) is 17.2 Å². The van der Waals surface area contributed by atoms with Gasteiger partial charge in [0.15, 0.2) is 0 Å². The third-order valence-corrected chi connectivity index (χ3v) is 4.83. The lowest BCUT2D eigenvalue weighted by atomic mass is 10.1. The summed E-state index contributed by atoms with van der Waals surface area (Å²) in [5.74, 6) is 0.334. The van der Waals surface area contributed by atoms with Crippen LogP contribution < -0.4 is 0 Å². The lowest BCUT2D eigenvalue weighted by Crippen LogP contribution is -2.37. The highest BCUT2D eigenvalue weighted by atomic mass is 35.5. The van der Waals surface area contributed by atoms with Crippen LogP contribution in [-0.2, 0) is 11.2 Å². The van der Waals surface area contributed by atoms with Crippen molar-refractivity contribution in [1.82, 2.24) is 4.90 Å². The van der Waals surface area contributed by atoms with Gasteiger partial charge in [-0.3, -0.25) is 4.79 Å². The van der Waals surface area contributed by atoms with E-state index in [1.165, 1.54) is 16.7 Å². The maximum Gasteiger partial charge on any atom is 0.232 e. The summed E-state index contributed by atoms with van der Waals surface area (Å²) in [4.78, 5) is 13.7. The Kier molecular flexibility index (Phi) is 5.39. The molecule has 1 aromatic rings. The molecule has 0 radical (unpaired) electrons. The fraction of sp³-hybridized carbons (Fsp3) is 0.429. The Hall–Kier alpha value is -0.930. The Morgan fingerprint density at radius 3 is 2.95 bits per heavy atom. The number of amides is 1. The fourth-order valence-electron chi connectivity index (χ4n) is 2.54. The van der Waals surface area contributed by atoms with Gasteiger partial charge < -0.3 is 10.0 Å². The minimum absolute atomic E-state index is 0.136. The molecular weight excluding hydrogens is 331 g/mol. The number of hydrogen-bond donors (Lipinski definition) is 1. The molecule has 21 heavy (non-hydrogen) atoms. The van der Waals surface area contributed by atoms with E-state index in [2.05, 4.69) is 0 Å². The Balaban J connectivity index is 2.22. The largest absolute Gasteiger partial charge is 0.390 e. The molecule has 1 N–H and O–H groups in total. The number of aliphatic hydroxyl groups is 1. The van der Waals surface area contributed by atoms with E-state index in [-0.39, 0.29) is 17.4 Å². The smallest absolute Gasteiger partial charge is 0.232 e. The van der Waals surface area contributed by atoms with Gasteiger partial charge in [0, 0.05) is 23.5 Å². The highest BCUT2D eigenvalue weighted by molar-refractivity contribution is 8.00. The van der Waals surface area contributed by atoms with Crippen molar-refractivity contribution in [3.63, 3.8) is 0 Å². The second kappa shape index (κ2) is 6.89. The highest BCUT2D eigenvalue weighted by Gasteiger charge is 2.37. The van der Waals surface area contributed by atoms with Crippen LogP contribution in [0.2, 0.25) is 10.0 Å². The number of carbonyl (C=O) groups is 1. The van der Waals surface area contributed by atoms with E-state index in [1.807, 2.05) is 6.07 Å². The molecule has 0 bridgehead atoms. The molecule has 0 saturated heterocycles. The van der Waals surface area contributed by atoms with Gasteiger partial charge in [0.05, 0.1) is 29.7 Å². The van der Waals surface area contributed by atoms with Crippen molar-refractivity contribution in [3.8, 4) is 6.07 Å². The Morgan fingerprint density at radius 1 is 1.57 bits per heavy atom. The van der Waals surface area contributed by atoms with Gasteiger partial charge in [-0.15, -0.1) is 11.8 Å². The molecule has 1 aliphatic carbocycles. The number of hydrogen-bond acceptors (Lipinski definition) is 4. The molecule has 0 heterocycles. The Morgan fingerprint density at radius 2 is 2.29 bits per heavy atom. The molecule has 0 aliphatic heterocycles. The van der Waals surface area contributed by atoms with Gasteiger partial charge in [-0.25, -0.2) is 0 Å². The number of thioether (sulfide) groups is 1. The van der Waals surface area contributed by atoms with Gasteiger partial charge in [0.25, 0.3) is 0 Å². The molecule has 1 aliphatic rings. The lowest BCUT2D eigenvalue weighted by Gasteiger charge is -2.28. The molecule has 112 valence electrons. The topological polar surface area (TPSA) is 64.3 Å². The fourth-order valence-corrected chi connectivity index (χ4v) is 3.70. The van der Waals surface area contributed by atoms with Crippen LogP contribution in [0.5, 0.6) is 0 Å². The summed E-state index contributed by atoms with van der Waals surface area (Å²) in [6.07, 6.45) is -0.301. The van der Waals surface area contributed by atoms with Crippen LogP contribution in [0.4, 0.5) is 0 Å². The minimum atomic E-state index is -0.703. The summed E-state index contributed by atoms with van der Waals surface area (Å²) < 4.78 is 0. The number of likely N-dealkylation sites (N-methyl/N-ethyl adjacent to an activating group) is 1. The van der Waals surface area contributed by atoms with Crippen molar-refractivity contribution in [2.24, 2.45) is 0 Å². The highest BCUT2D eigenvalue weighted by Crippen LogP contribution is 2.40. The first kappa shape index (κ1) is 16.4. The number of nitrogens with zero attached hydrogens (tertiary/aromatic N) is 2. The van der Waals surface area contributed by atoms with Gasteiger partial charge in [0.1, 0.15) is 0 Å². The van der Waals surface area contributed by atoms with Crippen molar-refractivity contribution in [1.29, 1.82) is 5.26 Å². The number of carbonyl (C=O) groups excluding carboxylic acids is 1. The number of halogens is 2. The molecule has 0 spiro atoms. The van der Waals surface area contributed by atoms with Crippen LogP contribution in [0.15, 0.2) is 12.1 Å². The van der Waals surface area contributed by atoms with E-state index in [0.29, 0.717) is 16.5 Å². The normalized spacial score (nSPS) is 20.0. The molecule has 0 fully saturated rings. The summed E-state index contributed by atoms with van der Waals surface area (Å²) in [6, 6.07) is 4.91. The number of benzene rings is 1. The number of nitriles is 1. The summed E-state index contributed by atoms with van der Waals surface area (Å²) in [7, 11) is 1.65. The van der Waals surface area contributed by atoms with E-state index in [9.17, 15) is 9.90 Å². The van der Waals surface area contributed by atoms with Crippen molar-refractivity contribution in [2.45, 2.75) is 18.6 Å². The van der Waals surface area contributed by atoms with E-state index >= 15 is 0 Å².